The van der Waals surface area contributed by atoms with Crippen molar-refractivity contribution >= 4 is 5.97 Å². The van der Waals surface area contributed by atoms with Crippen LogP contribution in [0.5, 0.6) is 0 Å². The van der Waals surface area contributed by atoms with Gasteiger partial charge in [0.2, 0.25) is 0 Å². The quantitative estimate of drug-likeness (QED) is 0.704. The first-order chi connectivity index (χ1) is 7.33. The van der Waals surface area contributed by atoms with Crippen molar-refractivity contribution in [2.75, 3.05) is 6.61 Å². The van der Waals surface area contributed by atoms with E-state index in [0.717, 1.165) is 12.0 Å². The standard InChI is InChI=1S/C13H14O2/c1-2-15-13(14)12-9-8-11(12)10-6-4-3-5-7-10/h3-7,9,11H,2,8H2,1H3. The molecule has 0 aromatic heterocycles. The predicted molar refractivity (Wildman–Crippen MR) is 58.5 cm³/mol. The van der Waals surface area contributed by atoms with E-state index in [0.29, 0.717) is 6.61 Å². The fraction of sp³-hybridized carbons (Fsp3) is 0.308. The van der Waals surface area contributed by atoms with Crippen molar-refractivity contribution in [1.82, 2.24) is 0 Å². The first-order valence-electron chi connectivity index (χ1n) is 5.25. The number of hydrogen-bond acceptors (Lipinski definition) is 2. The van der Waals surface area contributed by atoms with E-state index >= 15 is 0 Å². The van der Waals surface area contributed by atoms with Gasteiger partial charge in [0.25, 0.3) is 0 Å². The van der Waals surface area contributed by atoms with Crippen LogP contribution in [0.15, 0.2) is 42.0 Å². The van der Waals surface area contributed by atoms with Crippen molar-refractivity contribution in [3.05, 3.63) is 47.5 Å². The van der Waals surface area contributed by atoms with Crippen molar-refractivity contribution in [1.29, 1.82) is 0 Å². The van der Waals surface area contributed by atoms with Crippen LogP contribution >= 0.6 is 0 Å². The van der Waals surface area contributed by atoms with Crippen LogP contribution in [-0.2, 0) is 9.53 Å². The molecule has 0 fully saturated rings. The molecular formula is C13H14O2. The highest BCUT2D eigenvalue weighted by Crippen LogP contribution is 2.37. The van der Waals surface area contributed by atoms with Crippen molar-refractivity contribution < 1.29 is 9.53 Å². The second-order valence-electron chi connectivity index (χ2n) is 3.58. The van der Waals surface area contributed by atoms with Crippen LogP contribution in [0.1, 0.15) is 24.8 Å². The Hall–Kier alpha value is -1.57. The third-order valence-electron chi connectivity index (χ3n) is 2.66. The normalized spacial score (nSPS) is 19.0. The van der Waals surface area contributed by atoms with E-state index < -0.39 is 0 Å². The predicted octanol–water partition coefficient (Wildman–Crippen LogP) is 2.66. The summed E-state index contributed by atoms with van der Waals surface area (Å²) >= 11 is 0. The largest absolute Gasteiger partial charge is 0.463 e. The fourth-order valence-electron chi connectivity index (χ4n) is 1.79. The molecule has 1 aliphatic carbocycles. The maximum absolute atomic E-state index is 11.5. The molecule has 15 heavy (non-hydrogen) atoms. The van der Waals surface area contributed by atoms with Crippen LogP contribution in [0.2, 0.25) is 0 Å². The van der Waals surface area contributed by atoms with Crippen molar-refractivity contribution in [3.8, 4) is 0 Å². The van der Waals surface area contributed by atoms with Gasteiger partial charge in [-0.1, -0.05) is 36.4 Å². The molecule has 78 valence electrons. The van der Waals surface area contributed by atoms with Gasteiger partial charge in [0, 0.05) is 11.5 Å². The van der Waals surface area contributed by atoms with Gasteiger partial charge in [-0.05, 0) is 18.9 Å². The Balaban J connectivity index is 2.10. The van der Waals surface area contributed by atoms with Gasteiger partial charge < -0.3 is 4.74 Å². The zero-order valence-corrected chi connectivity index (χ0v) is 8.77. The van der Waals surface area contributed by atoms with Gasteiger partial charge in [-0.2, -0.15) is 0 Å². The van der Waals surface area contributed by atoms with Gasteiger partial charge in [-0.25, -0.2) is 4.79 Å². The third kappa shape index (κ3) is 1.94. The van der Waals surface area contributed by atoms with Crippen LogP contribution in [0, 0.1) is 0 Å². The third-order valence-corrected chi connectivity index (χ3v) is 2.66. The molecule has 1 aromatic carbocycles. The lowest BCUT2D eigenvalue weighted by atomic mass is 9.79. The number of ether oxygens (including phenoxy) is 1. The second-order valence-corrected chi connectivity index (χ2v) is 3.58. The summed E-state index contributed by atoms with van der Waals surface area (Å²) in [5.41, 5.74) is 2.01. The molecule has 0 heterocycles. The number of hydrogen-bond donors (Lipinski definition) is 0. The minimum Gasteiger partial charge on any atom is -0.463 e. The minimum atomic E-state index is -0.169. The first-order valence-corrected chi connectivity index (χ1v) is 5.25. The van der Waals surface area contributed by atoms with Crippen LogP contribution in [0.25, 0.3) is 0 Å². The number of allylic oxidation sites excluding steroid dienone is 1. The fourth-order valence-corrected chi connectivity index (χ4v) is 1.79. The number of benzene rings is 1. The summed E-state index contributed by atoms with van der Waals surface area (Å²) in [5, 5.41) is 0. The smallest absolute Gasteiger partial charge is 0.334 e. The molecule has 2 rings (SSSR count). The van der Waals surface area contributed by atoms with Crippen LogP contribution in [0.4, 0.5) is 0 Å². The molecular weight excluding hydrogens is 188 g/mol. The van der Waals surface area contributed by atoms with Crippen molar-refractivity contribution in [2.45, 2.75) is 19.3 Å². The molecule has 0 aliphatic heterocycles. The topological polar surface area (TPSA) is 26.3 Å². The maximum Gasteiger partial charge on any atom is 0.334 e. The molecule has 1 unspecified atom stereocenters. The van der Waals surface area contributed by atoms with E-state index in [4.69, 9.17) is 4.74 Å². The first kappa shape index (κ1) is 9.97. The number of esters is 1. The van der Waals surface area contributed by atoms with E-state index in [1.165, 1.54) is 5.56 Å². The molecule has 1 aromatic rings. The monoisotopic (exact) mass is 202 g/mol. The molecule has 0 bridgehead atoms. The van der Waals surface area contributed by atoms with Gasteiger partial charge in [-0.15, -0.1) is 0 Å². The van der Waals surface area contributed by atoms with Crippen LogP contribution in [-0.4, -0.2) is 12.6 Å². The Kier molecular flexibility index (Phi) is 2.86. The van der Waals surface area contributed by atoms with Gasteiger partial charge in [-0.3, -0.25) is 0 Å². The van der Waals surface area contributed by atoms with E-state index in [1.54, 1.807) is 0 Å². The van der Waals surface area contributed by atoms with E-state index in [9.17, 15) is 4.79 Å². The van der Waals surface area contributed by atoms with Crippen LogP contribution in [0.3, 0.4) is 0 Å². The van der Waals surface area contributed by atoms with E-state index in [2.05, 4.69) is 12.1 Å². The molecule has 0 amide bonds. The summed E-state index contributed by atoms with van der Waals surface area (Å²) in [7, 11) is 0. The lowest BCUT2D eigenvalue weighted by Crippen LogP contribution is -2.20. The number of carbonyl (C=O) groups is 1. The van der Waals surface area contributed by atoms with Gasteiger partial charge in [0.05, 0.1) is 6.61 Å². The van der Waals surface area contributed by atoms with Gasteiger partial charge in [0.1, 0.15) is 0 Å². The lowest BCUT2D eigenvalue weighted by Gasteiger charge is -2.25. The second kappa shape index (κ2) is 4.30. The Labute approximate surface area is 89.6 Å². The summed E-state index contributed by atoms with van der Waals surface area (Å²) in [6.07, 6.45) is 2.90. The Bertz CT molecular complexity index is 379. The summed E-state index contributed by atoms with van der Waals surface area (Å²) < 4.78 is 4.99. The number of rotatable bonds is 3. The van der Waals surface area contributed by atoms with E-state index in [-0.39, 0.29) is 11.9 Å². The Morgan fingerprint density at radius 2 is 2.13 bits per heavy atom. The number of carbonyl (C=O) groups excluding carboxylic acids is 1. The minimum absolute atomic E-state index is 0.169. The molecule has 0 spiro atoms. The maximum atomic E-state index is 11.5. The SMILES string of the molecule is CCOC(=O)C1=CCC1c1ccccc1. The highest BCUT2D eigenvalue weighted by atomic mass is 16.5. The average Bonchev–Trinajstić information content (AvgIpc) is 2.18. The van der Waals surface area contributed by atoms with Gasteiger partial charge in [0.15, 0.2) is 0 Å². The molecule has 2 heteroatoms. The molecule has 0 saturated heterocycles. The zero-order chi connectivity index (χ0) is 10.7. The van der Waals surface area contributed by atoms with Crippen molar-refractivity contribution in [2.24, 2.45) is 0 Å². The average molecular weight is 202 g/mol. The Morgan fingerprint density at radius 3 is 2.67 bits per heavy atom. The van der Waals surface area contributed by atoms with E-state index in [1.807, 2.05) is 31.2 Å². The summed E-state index contributed by atoms with van der Waals surface area (Å²) in [4.78, 5) is 11.5. The van der Waals surface area contributed by atoms with Crippen LogP contribution < -0.4 is 0 Å². The zero-order valence-electron chi connectivity index (χ0n) is 8.77. The molecule has 1 atom stereocenters. The summed E-state index contributed by atoms with van der Waals surface area (Å²) in [6.45, 7) is 2.27. The van der Waals surface area contributed by atoms with Gasteiger partial charge >= 0.3 is 5.97 Å². The molecule has 0 saturated carbocycles. The Morgan fingerprint density at radius 1 is 1.40 bits per heavy atom. The highest BCUT2D eigenvalue weighted by molar-refractivity contribution is 5.92. The molecule has 1 aliphatic rings. The van der Waals surface area contributed by atoms with Crippen molar-refractivity contribution in [3.63, 3.8) is 0 Å². The molecule has 0 N–H and O–H groups in total. The molecule has 0 radical (unpaired) electrons. The molecule has 2 nitrogen and oxygen atoms in total. The lowest BCUT2D eigenvalue weighted by molar-refractivity contribution is -0.139. The summed E-state index contributed by atoms with van der Waals surface area (Å²) in [5.74, 6) is 0.0721. The highest BCUT2D eigenvalue weighted by Gasteiger charge is 2.29. The summed E-state index contributed by atoms with van der Waals surface area (Å²) in [6, 6.07) is 10.1.